The van der Waals surface area contributed by atoms with Crippen LogP contribution in [-0.4, -0.2) is 30.8 Å². The maximum Gasteiger partial charge on any atom is 0.213 e. The van der Waals surface area contributed by atoms with Crippen molar-refractivity contribution in [3.8, 4) is 11.4 Å². The summed E-state index contributed by atoms with van der Waals surface area (Å²) in [5.41, 5.74) is 3.00. The fraction of sp³-hybridized carbons (Fsp3) is 0.167. The summed E-state index contributed by atoms with van der Waals surface area (Å²) in [6.45, 7) is -0.0767. The smallest absolute Gasteiger partial charge is 0.213 e. The van der Waals surface area contributed by atoms with Crippen molar-refractivity contribution in [2.45, 2.75) is 13.1 Å². The van der Waals surface area contributed by atoms with Crippen molar-refractivity contribution in [3.63, 3.8) is 0 Å². The third-order valence-corrected chi connectivity index (χ3v) is 4.32. The Hall–Kier alpha value is -2.80. The molecule has 4 rings (SSSR count). The summed E-state index contributed by atoms with van der Waals surface area (Å²) in [4.78, 5) is 12.6. The minimum Gasteiger partial charge on any atom is -0.321 e. The number of imidazole rings is 2. The van der Waals surface area contributed by atoms with Crippen molar-refractivity contribution >= 4 is 22.6 Å². The molecule has 0 aliphatic heterocycles. The van der Waals surface area contributed by atoms with Gasteiger partial charge in [0.15, 0.2) is 0 Å². The number of hydrogen-bond donors (Lipinski definition) is 0. The standard InChI is InChI=1S/C18H14ClF2N5/c19-14-1-2-15-16(6-14)26(4-3-20)18(24-15)13-5-12(7-22-8-13)10-25-11-23-9-17(25)21/h1-2,5-9,11H,3-4,10H2. The number of rotatable bonds is 5. The highest BCUT2D eigenvalue weighted by Gasteiger charge is 2.14. The molecule has 0 spiro atoms. The van der Waals surface area contributed by atoms with E-state index < -0.39 is 12.6 Å². The van der Waals surface area contributed by atoms with E-state index in [4.69, 9.17) is 11.6 Å². The Kier molecular flexibility index (Phi) is 4.38. The molecule has 26 heavy (non-hydrogen) atoms. The molecule has 0 unspecified atom stereocenters. The summed E-state index contributed by atoms with van der Waals surface area (Å²) in [5.74, 6) is 0.176. The second-order valence-electron chi connectivity index (χ2n) is 5.84. The van der Waals surface area contributed by atoms with E-state index in [0.717, 1.165) is 28.4 Å². The second-order valence-corrected chi connectivity index (χ2v) is 6.27. The largest absolute Gasteiger partial charge is 0.321 e. The Labute approximate surface area is 152 Å². The molecule has 3 aromatic heterocycles. The van der Waals surface area contributed by atoms with Crippen LogP contribution in [0.3, 0.4) is 0 Å². The van der Waals surface area contributed by atoms with Crippen LogP contribution in [0.4, 0.5) is 8.78 Å². The molecule has 0 saturated heterocycles. The van der Waals surface area contributed by atoms with Gasteiger partial charge in [0.1, 0.15) is 12.5 Å². The lowest BCUT2D eigenvalue weighted by molar-refractivity contribution is 0.451. The first kappa shape index (κ1) is 16.7. The van der Waals surface area contributed by atoms with Gasteiger partial charge in [-0.2, -0.15) is 4.39 Å². The van der Waals surface area contributed by atoms with E-state index in [2.05, 4.69) is 15.0 Å². The number of nitrogens with zero attached hydrogens (tertiary/aromatic N) is 5. The number of aryl methyl sites for hydroxylation is 1. The van der Waals surface area contributed by atoms with E-state index in [1.807, 2.05) is 6.07 Å². The Bertz CT molecular complexity index is 1070. The number of hydrogen-bond acceptors (Lipinski definition) is 3. The molecule has 0 bridgehead atoms. The molecule has 132 valence electrons. The monoisotopic (exact) mass is 373 g/mol. The van der Waals surface area contributed by atoms with Crippen LogP contribution in [0.1, 0.15) is 5.56 Å². The summed E-state index contributed by atoms with van der Waals surface area (Å²) < 4.78 is 29.9. The number of halogens is 3. The lowest BCUT2D eigenvalue weighted by Gasteiger charge is -2.09. The SMILES string of the molecule is FCCn1c(-c2cncc(Cn3cncc3F)c2)nc2ccc(Cl)cc21. The average molecular weight is 374 g/mol. The van der Waals surface area contributed by atoms with Crippen LogP contribution in [0.2, 0.25) is 5.02 Å². The number of aromatic nitrogens is 5. The average Bonchev–Trinajstić information content (AvgIpc) is 3.20. The molecular weight excluding hydrogens is 360 g/mol. The Morgan fingerprint density at radius 3 is 2.73 bits per heavy atom. The van der Waals surface area contributed by atoms with Crippen LogP contribution in [0.5, 0.6) is 0 Å². The molecule has 0 atom stereocenters. The topological polar surface area (TPSA) is 48.5 Å². The van der Waals surface area contributed by atoms with Crippen molar-refractivity contribution in [2.24, 2.45) is 0 Å². The predicted molar refractivity (Wildman–Crippen MR) is 95.2 cm³/mol. The summed E-state index contributed by atoms with van der Waals surface area (Å²) in [5, 5.41) is 0.562. The van der Waals surface area contributed by atoms with E-state index in [9.17, 15) is 8.78 Å². The van der Waals surface area contributed by atoms with Gasteiger partial charge < -0.3 is 9.13 Å². The van der Waals surface area contributed by atoms with E-state index in [0.29, 0.717) is 17.4 Å². The van der Waals surface area contributed by atoms with Crippen LogP contribution < -0.4 is 0 Å². The van der Waals surface area contributed by atoms with Gasteiger partial charge in [-0.3, -0.25) is 4.98 Å². The fourth-order valence-corrected chi connectivity index (χ4v) is 3.11. The van der Waals surface area contributed by atoms with Crippen molar-refractivity contribution < 1.29 is 8.78 Å². The van der Waals surface area contributed by atoms with Gasteiger partial charge in [0.25, 0.3) is 0 Å². The van der Waals surface area contributed by atoms with Crippen molar-refractivity contribution in [2.75, 3.05) is 6.67 Å². The summed E-state index contributed by atoms with van der Waals surface area (Å²) in [6.07, 6.45) is 5.89. The molecule has 0 fully saturated rings. The number of benzene rings is 1. The summed E-state index contributed by atoms with van der Waals surface area (Å²) >= 11 is 6.07. The Morgan fingerprint density at radius 1 is 1.08 bits per heavy atom. The van der Waals surface area contributed by atoms with Gasteiger partial charge in [-0.1, -0.05) is 11.6 Å². The first-order valence-electron chi connectivity index (χ1n) is 7.97. The number of alkyl halides is 1. The number of fused-ring (bicyclic) bond motifs is 1. The van der Waals surface area contributed by atoms with Crippen molar-refractivity contribution in [3.05, 3.63) is 65.7 Å². The van der Waals surface area contributed by atoms with E-state index in [-0.39, 0.29) is 6.54 Å². The van der Waals surface area contributed by atoms with Gasteiger partial charge in [0, 0.05) is 23.0 Å². The van der Waals surface area contributed by atoms with Gasteiger partial charge in [-0.15, -0.1) is 0 Å². The predicted octanol–water partition coefficient (Wildman–Crippen LogP) is 4.11. The third kappa shape index (κ3) is 3.06. The van der Waals surface area contributed by atoms with E-state index in [1.54, 1.807) is 35.2 Å². The molecule has 8 heteroatoms. The zero-order valence-electron chi connectivity index (χ0n) is 13.6. The molecule has 0 saturated carbocycles. The molecule has 1 aromatic carbocycles. The Balaban J connectivity index is 1.78. The van der Waals surface area contributed by atoms with Gasteiger partial charge in [0.05, 0.1) is 36.6 Å². The molecule has 0 aliphatic rings. The van der Waals surface area contributed by atoms with Crippen molar-refractivity contribution in [1.29, 1.82) is 0 Å². The normalized spacial score (nSPS) is 11.3. The molecule has 0 N–H and O–H groups in total. The van der Waals surface area contributed by atoms with Crippen LogP contribution in [0.25, 0.3) is 22.4 Å². The summed E-state index contributed by atoms with van der Waals surface area (Å²) in [7, 11) is 0. The van der Waals surface area contributed by atoms with Gasteiger partial charge >= 0.3 is 0 Å². The molecule has 4 aromatic rings. The zero-order chi connectivity index (χ0) is 18.1. The molecule has 3 heterocycles. The third-order valence-electron chi connectivity index (χ3n) is 4.09. The quantitative estimate of drug-likeness (QED) is 0.529. The van der Waals surface area contributed by atoms with Crippen LogP contribution in [-0.2, 0) is 13.1 Å². The highest BCUT2D eigenvalue weighted by Crippen LogP contribution is 2.27. The highest BCUT2D eigenvalue weighted by molar-refractivity contribution is 6.31. The molecule has 0 amide bonds. The number of pyridine rings is 1. The van der Waals surface area contributed by atoms with Gasteiger partial charge in [-0.05, 0) is 29.8 Å². The molecule has 0 radical (unpaired) electrons. The first-order chi connectivity index (χ1) is 12.7. The second kappa shape index (κ2) is 6.84. The minimum atomic E-state index is -0.529. The minimum absolute atomic E-state index is 0.159. The van der Waals surface area contributed by atoms with Crippen LogP contribution >= 0.6 is 11.6 Å². The molecular formula is C18H14ClF2N5. The van der Waals surface area contributed by atoms with E-state index >= 15 is 0 Å². The van der Waals surface area contributed by atoms with Crippen LogP contribution in [0, 0.1) is 5.95 Å². The van der Waals surface area contributed by atoms with Gasteiger partial charge in [-0.25, -0.2) is 14.4 Å². The maximum atomic E-state index is 13.6. The van der Waals surface area contributed by atoms with Crippen molar-refractivity contribution in [1.82, 2.24) is 24.1 Å². The Morgan fingerprint density at radius 2 is 1.96 bits per heavy atom. The highest BCUT2D eigenvalue weighted by atomic mass is 35.5. The summed E-state index contributed by atoms with van der Waals surface area (Å²) in [6, 6.07) is 7.18. The van der Waals surface area contributed by atoms with Crippen LogP contribution in [0.15, 0.2) is 49.2 Å². The molecule has 0 aliphatic carbocycles. The first-order valence-corrected chi connectivity index (χ1v) is 8.35. The van der Waals surface area contributed by atoms with E-state index in [1.165, 1.54) is 10.9 Å². The van der Waals surface area contributed by atoms with Gasteiger partial charge in [0.2, 0.25) is 5.95 Å². The molecule has 5 nitrogen and oxygen atoms in total. The lowest BCUT2D eigenvalue weighted by atomic mass is 10.2. The maximum absolute atomic E-state index is 13.6. The lowest BCUT2D eigenvalue weighted by Crippen LogP contribution is -2.04. The fourth-order valence-electron chi connectivity index (χ4n) is 2.94. The zero-order valence-corrected chi connectivity index (χ0v) is 14.4.